The van der Waals surface area contributed by atoms with E-state index in [-0.39, 0.29) is 33.5 Å². The summed E-state index contributed by atoms with van der Waals surface area (Å²) in [5.74, 6) is -0.820. The molecule has 3 aromatic rings. The van der Waals surface area contributed by atoms with Gasteiger partial charge in [0.2, 0.25) is 0 Å². The van der Waals surface area contributed by atoms with E-state index in [0.717, 1.165) is 34.4 Å². The lowest BCUT2D eigenvalue weighted by Gasteiger charge is -2.21. The Morgan fingerprint density at radius 2 is 1.61 bits per heavy atom. The van der Waals surface area contributed by atoms with Gasteiger partial charge in [0, 0.05) is 22.8 Å². The third-order valence-corrected chi connectivity index (χ3v) is 6.12. The minimum absolute atomic E-state index is 0.0529. The molecule has 0 fully saturated rings. The van der Waals surface area contributed by atoms with Gasteiger partial charge in [-0.2, -0.15) is 0 Å². The third kappa shape index (κ3) is 2.92. The first kappa shape index (κ1) is 18.8. The molecule has 5 rings (SSSR count). The minimum atomic E-state index is -1.44. The van der Waals surface area contributed by atoms with Gasteiger partial charge in [-0.1, -0.05) is 30.0 Å². The maximum Gasteiger partial charge on any atom is 0.524 e. The molecular formula is C19H8N2O9S. The van der Waals surface area contributed by atoms with Gasteiger partial charge in [-0.3, -0.25) is 20.2 Å². The monoisotopic (exact) mass is 440 g/mol. The second kappa shape index (κ2) is 6.67. The quantitative estimate of drug-likeness (QED) is 0.141. The lowest BCUT2D eigenvalue weighted by molar-refractivity contribution is -0.387. The van der Waals surface area contributed by atoms with Gasteiger partial charge in [-0.25, -0.2) is 9.59 Å². The molecule has 0 saturated carbocycles. The van der Waals surface area contributed by atoms with E-state index in [1.807, 2.05) is 6.07 Å². The number of rotatable bonds is 2. The molecule has 0 amide bonds. The standard InChI is InChI=1S/C19H8N2O9S/c22-18-28-13-7-11(20(24)25)15-9(16(13)29-19(23)30-18)6-12(21(26)27)17-10(15)5-8-3-1-2-4-14(8)31-17/h1-4,6-7H,5H2. The lowest BCUT2D eigenvalue weighted by atomic mass is 9.94. The Labute approximate surface area is 175 Å². The third-order valence-electron chi connectivity index (χ3n) is 4.84. The molecule has 31 heavy (non-hydrogen) atoms. The Balaban J connectivity index is 1.91. The average Bonchev–Trinajstić information content (AvgIpc) is 2.87. The summed E-state index contributed by atoms with van der Waals surface area (Å²) >= 11 is 1.13. The molecule has 2 aliphatic heterocycles. The van der Waals surface area contributed by atoms with Crippen molar-refractivity contribution in [1.82, 2.24) is 0 Å². The molecule has 2 aliphatic rings. The van der Waals surface area contributed by atoms with Crippen molar-refractivity contribution in [2.24, 2.45) is 0 Å². The van der Waals surface area contributed by atoms with Crippen LogP contribution >= 0.6 is 11.8 Å². The van der Waals surface area contributed by atoms with Gasteiger partial charge in [0.25, 0.3) is 11.4 Å². The van der Waals surface area contributed by atoms with Crippen molar-refractivity contribution < 1.29 is 33.6 Å². The van der Waals surface area contributed by atoms with Gasteiger partial charge in [-0.15, -0.1) is 0 Å². The van der Waals surface area contributed by atoms with Crippen LogP contribution in [0, 0.1) is 20.2 Å². The first-order valence-electron chi connectivity index (χ1n) is 8.66. The molecule has 0 N–H and O–H groups in total. The highest BCUT2D eigenvalue weighted by Gasteiger charge is 2.36. The second-order valence-corrected chi connectivity index (χ2v) is 7.61. The number of non-ortho nitro benzene ring substituents is 1. The largest absolute Gasteiger partial charge is 0.524 e. The number of nitrogens with zero attached hydrogens (tertiary/aromatic N) is 2. The number of fused-ring (bicyclic) bond motifs is 6. The van der Waals surface area contributed by atoms with Crippen molar-refractivity contribution in [3.8, 4) is 11.5 Å². The molecular weight excluding hydrogens is 432 g/mol. The summed E-state index contributed by atoms with van der Waals surface area (Å²) < 4.78 is 14.1. The molecule has 2 heterocycles. The van der Waals surface area contributed by atoms with Gasteiger partial charge in [0.1, 0.15) is 0 Å². The van der Waals surface area contributed by atoms with Crippen molar-refractivity contribution in [2.75, 3.05) is 0 Å². The fourth-order valence-electron chi connectivity index (χ4n) is 3.65. The van der Waals surface area contributed by atoms with Crippen LogP contribution in [0.3, 0.4) is 0 Å². The van der Waals surface area contributed by atoms with Crippen LogP contribution < -0.4 is 9.47 Å². The number of cyclic esters (lactones) is 2. The zero-order valence-corrected chi connectivity index (χ0v) is 16.0. The predicted octanol–water partition coefficient (Wildman–Crippen LogP) is 4.74. The van der Waals surface area contributed by atoms with E-state index in [1.54, 1.807) is 18.2 Å². The molecule has 154 valence electrons. The second-order valence-electron chi connectivity index (χ2n) is 6.56. The summed E-state index contributed by atoms with van der Waals surface area (Å²) in [7, 11) is 0. The SMILES string of the molecule is O=C1OC(=O)Oc2c(cc([N+](=O)[O-])c3c4c(c([N+](=O)[O-])cc23)Sc2ccccc2C4)O1. The summed E-state index contributed by atoms with van der Waals surface area (Å²) in [6.07, 6.45) is -2.67. The molecule has 11 nitrogen and oxygen atoms in total. The molecule has 0 radical (unpaired) electrons. The lowest BCUT2D eigenvalue weighted by Crippen LogP contribution is -2.14. The number of hydrogen-bond donors (Lipinski definition) is 0. The highest BCUT2D eigenvalue weighted by atomic mass is 32.2. The Morgan fingerprint density at radius 3 is 2.35 bits per heavy atom. The normalized spacial score (nSPS) is 14.3. The zero-order chi connectivity index (χ0) is 21.9. The first-order chi connectivity index (χ1) is 14.8. The molecule has 0 spiro atoms. The fraction of sp³-hybridized carbons (Fsp3) is 0.0526. The van der Waals surface area contributed by atoms with E-state index >= 15 is 0 Å². The number of carbonyl (C=O) groups is 2. The molecule has 0 atom stereocenters. The van der Waals surface area contributed by atoms with Crippen LogP contribution in [0.2, 0.25) is 0 Å². The number of nitro groups is 2. The molecule has 0 aromatic heterocycles. The van der Waals surface area contributed by atoms with E-state index in [4.69, 9.17) is 9.47 Å². The van der Waals surface area contributed by atoms with Crippen molar-refractivity contribution in [3.63, 3.8) is 0 Å². The highest BCUT2D eigenvalue weighted by molar-refractivity contribution is 7.99. The van der Waals surface area contributed by atoms with Crippen molar-refractivity contribution >= 4 is 46.2 Å². The Hall–Kier alpha value is -4.19. The predicted molar refractivity (Wildman–Crippen MR) is 104 cm³/mol. The van der Waals surface area contributed by atoms with E-state index in [1.165, 1.54) is 0 Å². The molecule has 0 aliphatic carbocycles. The van der Waals surface area contributed by atoms with E-state index in [0.29, 0.717) is 5.56 Å². The van der Waals surface area contributed by atoms with Crippen molar-refractivity contribution in [3.05, 3.63) is 67.8 Å². The van der Waals surface area contributed by atoms with E-state index < -0.39 is 33.6 Å². The maximum absolute atomic E-state index is 11.9. The summed E-state index contributed by atoms with van der Waals surface area (Å²) in [6.45, 7) is 0. The van der Waals surface area contributed by atoms with Gasteiger partial charge >= 0.3 is 12.3 Å². The summed E-state index contributed by atoms with van der Waals surface area (Å²) in [5, 5.41) is 23.7. The zero-order valence-electron chi connectivity index (χ0n) is 15.1. The van der Waals surface area contributed by atoms with Crippen LogP contribution in [0.25, 0.3) is 10.8 Å². The van der Waals surface area contributed by atoms with Crippen molar-refractivity contribution in [2.45, 2.75) is 16.2 Å². The number of ether oxygens (including phenoxy) is 3. The molecule has 0 saturated heterocycles. The summed E-state index contributed by atoms with van der Waals surface area (Å²) in [6, 6.07) is 9.23. The summed E-state index contributed by atoms with van der Waals surface area (Å²) in [5.41, 5.74) is 0.399. The molecule has 12 heteroatoms. The number of benzene rings is 3. The van der Waals surface area contributed by atoms with Crippen LogP contribution in [0.15, 0.2) is 46.2 Å². The van der Waals surface area contributed by atoms with Crippen LogP contribution in [0.5, 0.6) is 11.5 Å². The Morgan fingerprint density at radius 1 is 0.903 bits per heavy atom. The van der Waals surface area contributed by atoms with Crippen LogP contribution in [0.1, 0.15) is 11.1 Å². The first-order valence-corrected chi connectivity index (χ1v) is 9.47. The Bertz CT molecular complexity index is 1370. The minimum Gasteiger partial charge on any atom is -0.390 e. The van der Waals surface area contributed by atoms with Crippen molar-refractivity contribution in [1.29, 1.82) is 0 Å². The topological polar surface area (TPSA) is 148 Å². The van der Waals surface area contributed by atoms with Crippen LogP contribution in [-0.2, 0) is 11.2 Å². The van der Waals surface area contributed by atoms with Gasteiger partial charge < -0.3 is 14.2 Å². The van der Waals surface area contributed by atoms with E-state index in [9.17, 15) is 29.8 Å². The number of nitro benzene ring substituents is 2. The highest BCUT2D eigenvalue weighted by Crippen LogP contribution is 2.52. The molecule has 3 aromatic carbocycles. The van der Waals surface area contributed by atoms with E-state index in [2.05, 4.69) is 4.74 Å². The molecule has 0 unspecified atom stereocenters. The van der Waals surface area contributed by atoms with Gasteiger partial charge in [-0.05, 0) is 17.2 Å². The fourth-order valence-corrected chi connectivity index (χ4v) is 4.82. The smallest absolute Gasteiger partial charge is 0.390 e. The number of hydrogen-bond acceptors (Lipinski definition) is 10. The summed E-state index contributed by atoms with van der Waals surface area (Å²) in [4.78, 5) is 46.8. The number of carbonyl (C=O) groups excluding carboxylic acids is 2. The van der Waals surface area contributed by atoms with Crippen LogP contribution in [-0.4, -0.2) is 22.2 Å². The average molecular weight is 440 g/mol. The van der Waals surface area contributed by atoms with Gasteiger partial charge in [0.15, 0.2) is 11.5 Å². The maximum atomic E-state index is 11.9. The van der Waals surface area contributed by atoms with Gasteiger partial charge in [0.05, 0.1) is 26.2 Å². The Kier molecular flexibility index (Phi) is 4.05. The molecule has 0 bridgehead atoms. The van der Waals surface area contributed by atoms with Crippen LogP contribution in [0.4, 0.5) is 21.0 Å².